The molecule has 0 amide bonds. The van der Waals surface area contributed by atoms with E-state index in [0.29, 0.717) is 14.9 Å². The first-order chi connectivity index (χ1) is 17.0. The van der Waals surface area contributed by atoms with E-state index in [0.717, 1.165) is 35.2 Å². The normalized spacial score (nSPS) is 16.8. The Morgan fingerprint density at radius 1 is 1.06 bits per heavy atom. The molecule has 0 saturated carbocycles. The van der Waals surface area contributed by atoms with E-state index in [1.165, 1.54) is 41.2 Å². The van der Waals surface area contributed by atoms with Gasteiger partial charge >= 0.3 is 5.97 Å². The van der Waals surface area contributed by atoms with E-state index in [4.69, 9.17) is 10.1 Å². The Kier molecular flexibility index (Phi) is 5.07. The second-order valence-electron chi connectivity index (χ2n) is 8.60. The molecule has 1 aromatic heterocycles. The number of rotatable bonds is 3. The summed E-state index contributed by atoms with van der Waals surface area (Å²) in [6.45, 7) is 0. The zero-order chi connectivity index (χ0) is 24.1. The maximum absolute atomic E-state index is 14.3. The lowest BCUT2D eigenvalue weighted by Gasteiger charge is -2.30. The number of carbonyl (C=O) groups is 1. The quantitative estimate of drug-likeness (QED) is 0.477. The van der Waals surface area contributed by atoms with Gasteiger partial charge in [0.05, 0.1) is 21.8 Å². The van der Waals surface area contributed by atoms with Gasteiger partial charge in [-0.05, 0) is 65.4 Å². The standard InChI is InChI=1S/C28H19FN2O3S/c29-20-6-3-5-19(15-20)25-22-13-12-17-4-1-2-7-21(17)24(22)30-28-31(25)26(32)23(35-28)14-16-8-10-18(11-9-16)27(33)34/h1-11,14-15,25H,12-13H2,(H,33,34)/b23-14-. The third-order valence-corrected chi connectivity index (χ3v) is 7.48. The summed E-state index contributed by atoms with van der Waals surface area (Å²) in [4.78, 5) is 30.3. The molecular formula is C28H19FN2O3S. The van der Waals surface area contributed by atoms with E-state index in [1.807, 2.05) is 24.3 Å². The molecule has 0 saturated heterocycles. The van der Waals surface area contributed by atoms with Gasteiger partial charge in [0, 0.05) is 5.56 Å². The monoisotopic (exact) mass is 482 g/mol. The van der Waals surface area contributed by atoms with Crippen LogP contribution in [0.5, 0.6) is 0 Å². The Morgan fingerprint density at radius 2 is 1.86 bits per heavy atom. The van der Waals surface area contributed by atoms with Crippen molar-refractivity contribution in [3.8, 4) is 0 Å². The largest absolute Gasteiger partial charge is 0.478 e. The van der Waals surface area contributed by atoms with Gasteiger partial charge in [0.25, 0.3) is 5.56 Å². The van der Waals surface area contributed by atoms with Gasteiger partial charge in [0.2, 0.25) is 0 Å². The van der Waals surface area contributed by atoms with Crippen molar-refractivity contribution < 1.29 is 14.3 Å². The molecule has 1 aliphatic carbocycles. The van der Waals surface area contributed by atoms with Crippen LogP contribution in [0.15, 0.2) is 88.2 Å². The molecule has 3 aromatic carbocycles. The van der Waals surface area contributed by atoms with Gasteiger partial charge in [0.15, 0.2) is 4.80 Å². The maximum atomic E-state index is 14.3. The van der Waals surface area contributed by atoms with Crippen LogP contribution < -0.4 is 14.9 Å². The molecule has 2 heterocycles. The highest BCUT2D eigenvalue weighted by molar-refractivity contribution is 7.07. The molecule has 0 bridgehead atoms. The molecule has 35 heavy (non-hydrogen) atoms. The van der Waals surface area contributed by atoms with Gasteiger partial charge < -0.3 is 5.11 Å². The molecule has 1 aliphatic heterocycles. The van der Waals surface area contributed by atoms with E-state index in [2.05, 4.69) is 6.07 Å². The number of aromatic carboxylic acids is 1. The van der Waals surface area contributed by atoms with Crippen LogP contribution in [0.25, 0.3) is 11.8 Å². The molecule has 1 N–H and O–H groups in total. The minimum atomic E-state index is -1.00. The highest BCUT2D eigenvalue weighted by Gasteiger charge is 2.32. The predicted molar refractivity (Wildman–Crippen MR) is 133 cm³/mol. The average Bonchev–Trinajstić information content (AvgIpc) is 3.17. The number of hydrogen-bond acceptors (Lipinski definition) is 4. The maximum Gasteiger partial charge on any atom is 0.335 e. The van der Waals surface area contributed by atoms with Crippen LogP contribution in [0.4, 0.5) is 4.39 Å². The van der Waals surface area contributed by atoms with Crippen molar-refractivity contribution in [2.24, 2.45) is 4.99 Å². The molecule has 0 radical (unpaired) electrons. The van der Waals surface area contributed by atoms with Crippen LogP contribution in [-0.2, 0) is 6.42 Å². The van der Waals surface area contributed by atoms with Gasteiger partial charge in [-0.15, -0.1) is 0 Å². The first-order valence-electron chi connectivity index (χ1n) is 11.2. The summed E-state index contributed by atoms with van der Waals surface area (Å²) in [6, 6.07) is 20.5. The smallest absolute Gasteiger partial charge is 0.335 e. The summed E-state index contributed by atoms with van der Waals surface area (Å²) in [5.74, 6) is -1.35. The first-order valence-corrected chi connectivity index (χ1v) is 12.0. The van der Waals surface area contributed by atoms with Gasteiger partial charge in [-0.1, -0.05) is 59.9 Å². The number of carboxylic acid groups (broad SMARTS) is 1. The lowest BCUT2D eigenvalue weighted by atomic mass is 9.83. The highest BCUT2D eigenvalue weighted by atomic mass is 32.1. The van der Waals surface area contributed by atoms with Gasteiger partial charge in [-0.25, -0.2) is 14.2 Å². The number of allylic oxidation sites excluding steroid dienone is 1. The van der Waals surface area contributed by atoms with E-state index in [1.54, 1.807) is 28.8 Å². The summed E-state index contributed by atoms with van der Waals surface area (Å²) < 4.78 is 16.4. The lowest BCUT2D eigenvalue weighted by molar-refractivity contribution is 0.0697. The van der Waals surface area contributed by atoms with E-state index >= 15 is 0 Å². The van der Waals surface area contributed by atoms with E-state index < -0.39 is 12.0 Å². The summed E-state index contributed by atoms with van der Waals surface area (Å²) in [5.41, 5.74) is 5.56. The third kappa shape index (κ3) is 3.65. The van der Waals surface area contributed by atoms with Crippen LogP contribution in [-0.4, -0.2) is 15.6 Å². The zero-order valence-electron chi connectivity index (χ0n) is 18.4. The molecule has 0 spiro atoms. The summed E-state index contributed by atoms with van der Waals surface area (Å²) in [7, 11) is 0. The Labute approximate surface area is 203 Å². The van der Waals surface area contributed by atoms with E-state index in [-0.39, 0.29) is 16.9 Å². The van der Waals surface area contributed by atoms with Gasteiger partial charge in [-0.2, -0.15) is 0 Å². The summed E-state index contributed by atoms with van der Waals surface area (Å²) >= 11 is 1.28. The summed E-state index contributed by atoms with van der Waals surface area (Å²) in [5, 5.41) is 9.14. The van der Waals surface area contributed by atoms with Crippen molar-refractivity contribution in [3.63, 3.8) is 0 Å². The van der Waals surface area contributed by atoms with Crippen molar-refractivity contribution in [1.29, 1.82) is 0 Å². The predicted octanol–water partition coefficient (Wildman–Crippen LogP) is 4.16. The Bertz CT molecular complexity index is 1710. The number of benzene rings is 3. The fraction of sp³-hybridized carbons (Fsp3) is 0.107. The lowest BCUT2D eigenvalue weighted by Crippen LogP contribution is -2.38. The number of aromatic nitrogens is 1. The highest BCUT2D eigenvalue weighted by Crippen LogP contribution is 2.41. The van der Waals surface area contributed by atoms with Gasteiger partial charge in [-0.3, -0.25) is 9.36 Å². The van der Waals surface area contributed by atoms with Crippen LogP contribution >= 0.6 is 11.3 Å². The number of fused-ring (bicyclic) bond motifs is 3. The summed E-state index contributed by atoms with van der Waals surface area (Å²) in [6.07, 6.45) is 3.31. The molecule has 2 aliphatic rings. The van der Waals surface area contributed by atoms with Crippen molar-refractivity contribution in [3.05, 3.63) is 132 Å². The minimum Gasteiger partial charge on any atom is -0.478 e. The first kappa shape index (κ1) is 21.4. The van der Waals surface area contributed by atoms with E-state index in [9.17, 15) is 14.0 Å². The van der Waals surface area contributed by atoms with Crippen LogP contribution in [0.2, 0.25) is 0 Å². The van der Waals surface area contributed by atoms with Crippen molar-refractivity contribution in [1.82, 2.24) is 4.57 Å². The third-order valence-electron chi connectivity index (χ3n) is 6.49. The van der Waals surface area contributed by atoms with Crippen molar-refractivity contribution >= 4 is 29.1 Å². The zero-order valence-corrected chi connectivity index (χ0v) is 19.3. The van der Waals surface area contributed by atoms with Crippen LogP contribution in [0, 0.1) is 5.82 Å². The fourth-order valence-corrected chi connectivity index (χ4v) is 5.87. The second kappa shape index (κ2) is 8.29. The number of aryl methyl sites for hydroxylation is 1. The number of nitrogens with zero attached hydrogens (tertiary/aromatic N) is 2. The Hall–Kier alpha value is -4.10. The molecule has 1 atom stereocenters. The molecule has 172 valence electrons. The van der Waals surface area contributed by atoms with Crippen LogP contribution in [0.1, 0.15) is 45.1 Å². The number of hydrogen-bond donors (Lipinski definition) is 1. The molecule has 6 rings (SSSR count). The number of thiazole rings is 1. The molecular weight excluding hydrogens is 463 g/mol. The average molecular weight is 483 g/mol. The fourth-order valence-electron chi connectivity index (χ4n) is 4.87. The molecule has 5 nitrogen and oxygen atoms in total. The number of halogens is 1. The molecule has 4 aromatic rings. The SMILES string of the molecule is O=C(O)c1ccc(/C=c2\sc3n(c2=O)C(c2cccc(F)c2)C2=C(N=3)c3ccccc3CC2)cc1. The van der Waals surface area contributed by atoms with Crippen molar-refractivity contribution in [2.45, 2.75) is 18.9 Å². The molecule has 7 heteroatoms. The minimum absolute atomic E-state index is 0.182. The molecule has 0 fully saturated rings. The molecule has 1 unspecified atom stereocenters. The van der Waals surface area contributed by atoms with Crippen LogP contribution in [0.3, 0.4) is 0 Å². The Morgan fingerprint density at radius 3 is 2.63 bits per heavy atom. The van der Waals surface area contributed by atoms with Gasteiger partial charge in [0.1, 0.15) is 5.82 Å². The topological polar surface area (TPSA) is 71.7 Å². The Balaban J connectivity index is 1.58. The number of carboxylic acids is 1. The second-order valence-corrected chi connectivity index (χ2v) is 9.60. The van der Waals surface area contributed by atoms with Crippen molar-refractivity contribution in [2.75, 3.05) is 0 Å².